The maximum atomic E-state index is 13.0. The van der Waals surface area contributed by atoms with Gasteiger partial charge in [-0.25, -0.2) is 4.79 Å². The Hall–Kier alpha value is -5.28. The van der Waals surface area contributed by atoms with Gasteiger partial charge in [-0.05, 0) is 47.9 Å². The molecule has 0 amide bonds. The average Bonchev–Trinajstić information content (AvgIpc) is 3.48. The largest absolute Gasteiger partial charge is 0.497 e. The smallest absolute Gasteiger partial charge is 0.330 e. The number of rotatable bonds is 16. The number of nitrogens with zero attached hydrogens (tertiary/aromatic N) is 3. The zero-order valence-corrected chi connectivity index (χ0v) is 27.6. The van der Waals surface area contributed by atoms with Crippen LogP contribution in [0.3, 0.4) is 0 Å². The van der Waals surface area contributed by atoms with E-state index in [9.17, 15) is 14.9 Å². The second-order valence-corrected chi connectivity index (χ2v) is 11.2. The Morgan fingerprint density at radius 1 is 0.900 bits per heavy atom. The number of nitrogens with one attached hydrogen (secondary N) is 1. The first-order valence-electron chi connectivity index (χ1n) is 15.7. The lowest BCUT2D eigenvalue weighted by molar-refractivity contribution is -0.148. The fourth-order valence-corrected chi connectivity index (χ4v) is 5.84. The van der Waals surface area contributed by atoms with Crippen LogP contribution in [0, 0.1) is 29.6 Å². The van der Waals surface area contributed by atoms with Gasteiger partial charge < -0.3 is 33.2 Å². The maximum Gasteiger partial charge on any atom is 0.330 e. The second kappa shape index (κ2) is 16.9. The van der Waals surface area contributed by atoms with Crippen LogP contribution < -0.4 is 20.7 Å². The summed E-state index contributed by atoms with van der Waals surface area (Å²) in [6.07, 6.45) is -3.87. The minimum atomic E-state index is -1.23. The van der Waals surface area contributed by atoms with Gasteiger partial charge in [0.1, 0.15) is 48.3 Å². The van der Waals surface area contributed by atoms with Gasteiger partial charge in [0, 0.05) is 12.3 Å². The Labute approximate surface area is 289 Å². The number of aromatic amines is 1. The normalized spacial score (nSPS) is 19.3. The molecule has 4 aromatic rings. The van der Waals surface area contributed by atoms with Crippen LogP contribution in [0.4, 0.5) is 0 Å². The third kappa shape index (κ3) is 7.95. The Morgan fingerprint density at radius 2 is 1.52 bits per heavy atom. The molecule has 1 fully saturated rings. The SMILES string of the molecule is [CH2]C(C#N)OC1[C@@H](OCOCCC#N)[C@H](n2ccc(=O)[nH]c2=O)O[C@@H]1COC(c1ccccc1)(c1ccc(OC)cc1)c1ccc(OC)cc1. The Morgan fingerprint density at radius 3 is 2.08 bits per heavy atom. The molecule has 13 nitrogen and oxygen atoms in total. The number of methoxy groups -OCH3 is 2. The van der Waals surface area contributed by atoms with Crippen molar-refractivity contribution in [3.05, 3.63) is 136 Å². The van der Waals surface area contributed by atoms with Crippen molar-refractivity contribution in [3.63, 3.8) is 0 Å². The molecule has 5 rings (SSSR count). The third-order valence-corrected chi connectivity index (χ3v) is 8.22. The summed E-state index contributed by atoms with van der Waals surface area (Å²) in [6, 6.07) is 29.8. The Balaban J connectivity index is 1.60. The van der Waals surface area contributed by atoms with E-state index in [0.717, 1.165) is 16.7 Å². The topological polar surface area (TPSA) is 167 Å². The Bertz CT molecular complexity index is 1830. The fourth-order valence-electron chi connectivity index (χ4n) is 5.84. The maximum absolute atomic E-state index is 13.0. The van der Waals surface area contributed by atoms with E-state index in [0.29, 0.717) is 11.5 Å². The molecule has 1 aliphatic rings. The van der Waals surface area contributed by atoms with E-state index in [1.54, 1.807) is 14.2 Å². The molecule has 1 saturated heterocycles. The van der Waals surface area contributed by atoms with Gasteiger partial charge in [0.15, 0.2) is 6.23 Å². The van der Waals surface area contributed by atoms with Crippen LogP contribution in [0.2, 0.25) is 0 Å². The standard InChI is InChI=1S/C37H37N4O9/c1-25(22-39)49-33-31(50-35(34(33)47-24-46-21-7-19-38)41-20-18-32(42)40-36(41)43)23-48-37(26-8-5-4-6-9-26,27-10-14-29(44-2)15-11-27)28-12-16-30(45-3)17-13-28/h4-6,8-18,20,25,31,33-35H,1,7,21,23-24H2,2-3H3,(H,40,42,43)/t25?,31-,33?,34-,35-/m1/s1. The highest BCUT2D eigenvalue weighted by atomic mass is 16.7. The minimum absolute atomic E-state index is 0.102. The van der Waals surface area contributed by atoms with Crippen molar-refractivity contribution < 1.29 is 33.2 Å². The molecule has 3 aromatic carbocycles. The van der Waals surface area contributed by atoms with E-state index in [1.165, 1.54) is 16.8 Å². The van der Waals surface area contributed by atoms with E-state index >= 15 is 0 Å². The van der Waals surface area contributed by atoms with Gasteiger partial charge in [-0.2, -0.15) is 10.5 Å². The van der Waals surface area contributed by atoms with Crippen LogP contribution in [0.25, 0.3) is 0 Å². The van der Waals surface area contributed by atoms with Gasteiger partial charge in [0.25, 0.3) is 5.56 Å². The van der Waals surface area contributed by atoms with Crippen molar-refractivity contribution in [2.75, 3.05) is 34.2 Å². The lowest BCUT2D eigenvalue weighted by Crippen LogP contribution is -2.43. The first-order valence-corrected chi connectivity index (χ1v) is 15.7. The van der Waals surface area contributed by atoms with E-state index < -0.39 is 47.5 Å². The number of ether oxygens (including phenoxy) is 7. The summed E-state index contributed by atoms with van der Waals surface area (Å²) in [5.41, 5.74) is -0.235. The quantitative estimate of drug-likeness (QED) is 0.104. The Kier molecular flexibility index (Phi) is 12.2. The molecule has 1 radical (unpaired) electrons. The lowest BCUT2D eigenvalue weighted by Gasteiger charge is -2.37. The lowest BCUT2D eigenvalue weighted by atomic mass is 9.80. The highest BCUT2D eigenvalue weighted by Gasteiger charge is 2.50. The predicted octanol–water partition coefficient (Wildman–Crippen LogP) is 3.84. The van der Waals surface area contributed by atoms with Crippen LogP contribution >= 0.6 is 0 Å². The van der Waals surface area contributed by atoms with Crippen LogP contribution in [0.1, 0.15) is 29.3 Å². The van der Waals surface area contributed by atoms with Gasteiger partial charge in [-0.1, -0.05) is 54.6 Å². The zero-order chi connectivity index (χ0) is 35.5. The minimum Gasteiger partial charge on any atom is -0.497 e. The van der Waals surface area contributed by atoms with Gasteiger partial charge >= 0.3 is 5.69 Å². The number of H-pyrrole nitrogens is 1. The molecule has 2 heterocycles. The zero-order valence-electron chi connectivity index (χ0n) is 27.6. The molecule has 0 spiro atoms. The molecule has 0 bridgehead atoms. The number of hydrogen-bond donors (Lipinski definition) is 1. The van der Waals surface area contributed by atoms with Crippen LogP contribution in [0.5, 0.6) is 11.5 Å². The van der Waals surface area contributed by atoms with E-state index in [2.05, 4.69) is 11.9 Å². The first-order chi connectivity index (χ1) is 24.3. The van der Waals surface area contributed by atoms with Crippen LogP contribution in [-0.2, 0) is 29.3 Å². The van der Waals surface area contributed by atoms with Crippen molar-refractivity contribution >= 4 is 0 Å². The van der Waals surface area contributed by atoms with Gasteiger partial charge in [0.2, 0.25) is 0 Å². The van der Waals surface area contributed by atoms with Crippen LogP contribution in [-0.4, -0.2) is 68.2 Å². The molecule has 13 heteroatoms. The van der Waals surface area contributed by atoms with Crippen molar-refractivity contribution in [1.82, 2.24) is 9.55 Å². The van der Waals surface area contributed by atoms with E-state index in [4.69, 9.17) is 38.4 Å². The molecular weight excluding hydrogens is 644 g/mol. The summed E-state index contributed by atoms with van der Waals surface area (Å²) in [6.45, 7) is 3.46. The molecule has 0 saturated carbocycles. The van der Waals surface area contributed by atoms with Crippen molar-refractivity contribution in [1.29, 1.82) is 10.5 Å². The van der Waals surface area contributed by atoms with Crippen molar-refractivity contribution in [2.24, 2.45) is 0 Å². The van der Waals surface area contributed by atoms with Gasteiger partial charge in [-0.3, -0.25) is 14.3 Å². The number of hydrogen-bond acceptors (Lipinski definition) is 11. The summed E-state index contributed by atoms with van der Waals surface area (Å²) in [4.78, 5) is 27.2. The summed E-state index contributed by atoms with van der Waals surface area (Å²) in [5.74, 6) is 1.31. The predicted molar refractivity (Wildman–Crippen MR) is 179 cm³/mol. The number of benzene rings is 3. The first kappa shape index (κ1) is 36.0. The summed E-state index contributed by atoms with van der Waals surface area (Å²) >= 11 is 0. The molecule has 2 unspecified atom stereocenters. The summed E-state index contributed by atoms with van der Waals surface area (Å²) in [7, 11) is 3.18. The molecule has 50 heavy (non-hydrogen) atoms. The van der Waals surface area contributed by atoms with Crippen LogP contribution in [0.15, 0.2) is 101 Å². The molecular formula is C37H37N4O9. The third-order valence-electron chi connectivity index (χ3n) is 8.22. The highest BCUT2D eigenvalue weighted by molar-refractivity contribution is 5.49. The molecule has 1 aliphatic heterocycles. The van der Waals surface area contributed by atoms with Gasteiger partial charge in [0.05, 0.1) is 46.0 Å². The number of aromatic nitrogens is 2. The van der Waals surface area contributed by atoms with E-state index in [-0.39, 0.29) is 26.4 Å². The summed E-state index contributed by atoms with van der Waals surface area (Å²) in [5, 5.41) is 18.6. The number of nitriles is 2. The van der Waals surface area contributed by atoms with Crippen molar-refractivity contribution in [2.45, 2.75) is 42.7 Å². The summed E-state index contributed by atoms with van der Waals surface area (Å²) < 4.78 is 43.2. The second-order valence-electron chi connectivity index (χ2n) is 11.2. The molecule has 1 aromatic heterocycles. The molecule has 259 valence electrons. The molecule has 1 N–H and O–H groups in total. The van der Waals surface area contributed by atoms with Gasteiger partial charge in [-0.15, -0.1) is 0 Å². The average molecular weight is 682 g/mol. The fraction of sp³-hybridized carbons (Fsp3) is 0.324. The van der Waals surface area contributed by atoms with E-state index in [1.807, 2.05) is 91.0 Å². The van der Waals surface area contributed by atoms with Crippen molar-refractivity contribution in [3.8, 4) is 23.6 Å². The molecule has 0 aliphatic carbocycles. The molecule has 5 atom stereocenters. The highest BCUT2D eigenvalue weighted by Crippen LogP contribution is 2.43. The monoisotopic (exact) mass is 681 g/mol.